The standard InChI is InChI=1S/C21H19F4N3O/c1-12-13(2)27(18-8-7-14(22)9-16(12)18)10-15(29)11-28-19-6-4-3-5-17(19)26-20(28)21(23,24)25/h3-9,15,29H,10-11H2,1-2H3/t15-/m0/s1. The van der Waals surface area contributed by atoms with Gasteiger partial charge in [0.25, 0.3) is 0 Å². The minimum Gasteiger partial charge on any atom is -0.389 e. The lowest BCUT2D eigenvalue weighted by Gasteiger charge is -2.18. The summed E-state index contributed by atoms with van der Waals surface area (Å²) in [5.74, 6) is -1.40. The summed E-state index contributed by atoms with van der Waals surface area (Å²) in [5, 5.41) is 11.4. The number of imidazole rings is 1. The van der Waals surface area contributed by atoms with Gasteiger partial charge in [-0.25, -0.2) is 9.37 Å². The SMILES string of the molecule is Cc1c(C)n(C[C@H](O)Cn2c(C(F)(F)F)nc3ccccc32)c2ccc(F)cc12. The smallest absolute Gasteiger partial charge is 0.389 e. The Morgan fingerprint density at radius 1 is 1.00 bits per heavy atom. The Morgan fingerprint density at radius 2 is 1.69 bits per heavy atom. The number of benzene rings is 2. The summed E-state index contributed by atoms with van der Waals surface area (Å²) in [6.45, 7) is 3.50. The van der Waals surface area contributed by atoms with Crippen molar-refractivity contribution in [2.24, 2.45) is 0 Å². The third-order valence-electron chi connectivity index (χ3n) is 5.30. The predicted octanol–water partition coefficient (Wildman–Crippen LogP) is 4.83. The Balaban J connectivity index is 1.71. The molecular formula is C21H19F4N3O. The zero-order valence-electron chi connectivity index (χ0n) is 15.8. The normalized spacial score (nSPS) is 13.5. The second-order valence-corrected chi connectivity index (χ2v) is 7.17. The predicted molar refractivity (Wildman–Crippen MR) is 102 cm³/mol. The fourth-order valence-electron chi connectivity index (χ4n) is 3.81. The second-order valence-electron chi connectivity index (χ2n) is 7.17. The van der Waals surface area contributed by atoms with E-state index in [9.17, 15) is 22.7 Å². The summed E-state index contributed by atoms with van der Waals surface area (Å²) >= 11 is 0. The van der Waals surface area contributed by atoms with Crippen molar-refractivity contribution >= 4 is 21.9 Å². The molecule has 4 rings (SSSR count). The molecule has 0 spiro atoms. The molecule has 0 unspecified atom stereocenters. The number of aryl methyl sites for hydroxylation is 1. The average Bonchev–Trinajstić information content (AvgIpc) is 3.13. The molecule has 0 aliphatic heterocycles. The van der Waals surface area contributed by atoms with Crippen LogP contribution in [-0.2, 0) is 19.3 Å². The molecule has 2 heterocycles. The van der Waals surface area contributed by atoms with Crippen LogP contribution in [-0.4, -0.2) is 25.3 Å². The van der Waals surface area contributed by atoms with Crippen LogP contribution in [0.5, 0.6) is 0 Å². The van der Waals surface area contributed by atoms with Gasteiger partial charge >= 0.3 is 6.18 Å². The summed E-state index contributed by atoms with van der Waals surface area (Å²) in [5.41, 5.74) is 2.96. The minimum atomic E-state index is -4.64. The first-order valence-corrected chi connectivity index (χ1v) is 9.12. The third kappa shape index (κ3) is 3.37. The lowest BCUT2D eigenvalue weighted by atomic mass is 10.1. The molecule has 152 valence electrons. The summed E-state index contributed by atoms with van der Waals surface area (Å²) in [6, 6.07) is 10.7. The zero-order valence-corrected chi connectivity index (χ0v) is 15.8. The number of aliphatic hydroxyl groups excluding tert-OH is 1. The van der Waals surface area contributed by atoms with E-state index in [0.29, 0.717) is 5.52 Å². The molecule has 0 saturated heterocycles. The summed E-state index contributed by atoms with van der Waals surface area (Å²) in [4.78, 5) is 3.70. The molecule has 0 fully saturated rings. The molecule has 0 aliphatic rings. The van der Waals surface area contributed by atoms with E-state index in [1.807, 2.05) is 13.8 Å². The minimum absolute atomic E-state index is 0.0750. The van der Waals surface area contributed by atoms with E-state index in [1.54, 1.807) is 28.8 Å². The maximum atomic E-state index is 13.6. The summed E-state index contributed by atoms with van der Waals surface area (Å²) < 4.78 is 56.8. The van der Waals surface area contributed by atoms with Gasteiger partial charge in [-0.15, -0.1) is 0 Å². The van der Waals surface area contributed by atoms with Crippen molar-refractivity contribution in [1.29, 1.82) is 0 Å². The molecule has 4 aromatic rings. The largest absolute Gasteiger partial charge is 0.449 e. The van der Waals surface area contributed by atoms with Crippen molar-refractivity contribution in [1.82, 2.24) is 14.1 Å². The van der Waals surface area contributed by atoms with Gasteiger partial charge in [-0.2, -0.15) is 13.2 Å². The highest BCUT2D eigenvalue weighted by Gasteiger charge is 2.38. The number of para-hydroxylation sites is 2. The average molecular weight is 405 g/mol. The molecule has 29 heavy (non-hydrogen) atoms. The first-order valence-electron chi connectivity index (χ1n) is 9.12. The van der Waals surface area contributed by atoms with Crippen molar-refractivity contribution in [2.45, 2.75) is 39.2 Å². The highest BCUT2D eigenvalue weighted by atomic mass is 19.4. The second kappa shape index (κ2) is 6.88. The number of aromatic nitrogens is 3. The van der Waals surface area contributed by atoms with Gasteiger partial charge in [0.05, 0.1) is 30.2 Å². The van der Waals surface area contributed by atoms with Crippen LogP contribution in [0.15, 0.2) is 42.5 Å². The number of rotatable bonds is 4. The van der Waals surface area contributed by atoms with Gasteiger partial charge in [-0.3, -0.25) is 0 Å². The fourth-order valence-corrected chi connectivity index (χ4v) is 3.81. The number of alkyl halides is 3. The van der Waals surface area contributed by atoms with E-state index in [4.69, 9.17) is 0 Å². The van der Waals surface area contributed by atoms with Crippen LogP contribution in [0.4, 0.5) is 17.6 Å². The van der Waals surface area contributed by atoms with Crippen LogP contribution in [0, 0.1) is 19.7 Å². The van der Waals surface area contributed by atoms with E-state index in [2.05, 4.69) is 4.98 Å². The number of hydrogen-bond donors (Lipinski definition) is 1. The van der Waals surface area contributed by atoms with Crippen LogP contribution in [0.2, 0.25) is 0 Å². The monoisotopic (exact) mass is 405 g/mol. The van der Waals surface area contributed by atoms with Crippen molar-refractivity contribution in [3.8, 4) is 0 Å². The molecule has 0 radical (unpaired) electrons. The highest BCUT2D eigenvalue weighted by Crippen LogP contribution is 2.32. The zero-order chi connectivity index (χ0) is 20.9. The lowest BCUT2D eigenvalue weighted by Crippen LogP contribution is -2.26. The van der Waals surface area contributed by atoms with Crippen molar-refractivity contribution in [2.75, 3.05) is 0 Å². The molecule has 0 amide bonds. The van der Waals surface area contributed by atoms with E-state index >= 15 is 0 Å². The Labute approximate surface area is 164 Å². The van der Waals surface area contributed by atoms with E-state index in [1.165, 1.54) is 18.2 Å². The maximum absolute atomic E-state index is 13.6. The Morgan fingerprint density at radius 3 is 2.41 bits per heavy atom. The van der Waals surface area contributed by atoms with Crippen molar-refractivity contribution in [3.63, 3.8) is 0 Å². The molecule has 2 aromatic heterocycles. The van der Waals surface area contributed by atoms with Crippen LogP contribution in [0.3, 0.4) is 0 Å². The Kier molecular flexibility index (Phi) is 4.61. The number of aliphatic hydroxyl groups is 1. The molecule has 0 aliphatic carbocycles. The number of nitrogens with zero attached hydrogens (tertiary/aromatic N) is 3. The van der Waals surface area contributed by atoms with E-state index in [0.717, 1.165) is 26.7 Å². The van der Waals surface area contributed by atoms with Gasteiger partial charge in [0.1, 0.15) is 5.82 Å². The molecule has 0 saturated carbocycles. The van der Waals surface area contributed by atoms with Gasteiger partial charge in [0.15, 0.2) is 0 Å². The van der Waals surface area contributed by atoms with Crippen molar-refractivity contribution in [3.05, 3.63) is 65.4 Å². The van der Waals surface area contributed by atoms with Gasteiger partial charge in [-0.1, -0.05) is 12.1 Å². The Bertz CT molecular complexity index is 1210. The van der Waals surface area contributed by atoms with Gasteiger partial charge < -0.3 is 14.2 Å². The third-order valence-corrected chi connectivity index (χ3v) is 5.30. The quantitative estimate of drug-likeness (QED) is 0.495. The number of fused-ring (bicyclic) bond motifs is 2. The number of halogens is 4. The van der Waals surface area contributed by atoms with Gasteiger partial charge in [0.2, 0.25) is 5.82 Å². The van der Waals surface area contributed by atoms with Gasteiger partial charge in [0, 0.05) is 16.6 Å². The van der Waals surface area contributed by atoms with Crippen LogP contribution < -0.4 is 0 Å². The molecule has 2 aromatic carbocycles. The number of hydrogen-bond acceptors (Lipinski definition) is 2. The molecule has 1 atom stereocenters. The first kappa shape index (κ1) is 19.4. The van der Waals surface area contributed by atoms with Crippen LogP contribution in [0.25, 0.3) is 21.9 Å². The highest BCUT2D eigenvalue weighted by molar-refractivity contribution is 5.85. The van der Waals surface area contributed by atoms with Crippen LogP contribution >= 0.6 is 0 Å². The summed E-state index contributed by atoms with van der Waals surface area (Å²) in [7, 11) is 0. The molecule has 4 nitrogen and oxygen atoms in total. The van der Waals surface area contributed by atoms with E-state index < -0.39 is 18.1 Å². The lowest BCUT2D eigenvalue weighted by molar-refractivity contribution is -0.147. The first-order chi connectivity index (χ1) is 13.7. The fraction of sp³-hybridized carbons (Fsp3) is 0.286. The maximum Gasteiger partial charge on any atom is 0.449 e. The molecular weight excluding hydrogens is 386 g/mol. The molecule has 1 N–H and O–H groups in total. The van der Waals surface area contributed by atoms with E-state index in [-0.39, 0.29) is 24.4 Å². The topological polar surface area (TPSA) is 43.0 Å². The van der Waals surface area contributed by atoms with Crippen LogP contribution in [0.1, 0.15) is 17.1 Å². The van der Waals surface area contributed by atoms with Crippen molar-refractivity contribution < 1.29 is 22.7 Å². The van der Waals surface area contributed by atoms with Gasteiger partial charge in [-0.05, 0) is 49.7 Å². The summed E-state index contributed by atoms with van der Waals surface area (Å²) in [6.07, 6.45) is -5.74. The molecule has 0 bridgehead atoms. The Hall–Kier alpha value is -2.87. The molecule has 8 heteroatoms.